The predicted molar refractivity (Wildman–Crippen MR) is 171 cm³/mol. The summed E-state index contributed by atoms with van der Waals surface area (Å²) in [4.78, 5) is 27.5. The molecule has 13 heteroatoms. The Kier molecular flexibility index (Phi) is 10.6. The first-order valence-electron chi connectivity index (χ1n) is 13.0. The van der Waals surface area contributed by atoms with Gasteiger partial charge in [-0.25, -0.2) is 15.0 Å². The number of carbonyl (C=O) groups excluding carboxylic acids is 1. The van der Waals surface area contributed by atoms with Crippen LogP contribution in [-0.4, -0.2) is 67.2 Å². The van der Waals surface area contributed by atoms with E-state index in [1.54, 1.807) is 36.5 Å². The first-order chi connectivity index (χ1) is 20.7. The van der Waals surface area contributed by atoms with Crippen LogP contribution in [0.2, 0.25) is 10.0 Å². The van der Waals surface area contributed by atoms with Gasteiger partial charge in [0.05, 0.1) is 37.0 Å². The monoisotopic (exact) mass is 623 g/mol. The summed E-state index contributed by atoms with van der Waals surface area (Å²) in [6, 6.07) is 12.3. The van der Waals surface area contributed by atoms with Gasteiger partial charge in [0.1, 0.15) is 51.9 Å². The predicted octanol–water partition coefficient (Wildman–Crippen LogP) is 6.41. The zero-order chi connectivity index (χ0) is 30.9. The number of hydrogen-bond donors (Lipinski definition) is 3. The fourth-order valence-electron chi connectivity index (χ4n) is 3.89. The van der Waals surface area contributed by atoms with Crippen LogP contribution >= 0.6 is 23.2 Å². The normalized spacial score (nSPS) is 10.7. The first kappa shape index (κ1) is 31.4. The molecule has 224 valence electrons. The number of carbonyl (C=O) groups is 1. The number of pyridine rings is 1. The summed E-state index contributed by atoms with van der Waals surface area (Å²) in [6.45, 7) is 4.78. The second-order valence-electron chi connectivity index (χ2n) is 9.27. The summed E-state index contributed by atoms with van der Waals surface area (Å²) in [5.41, 5.74) is 2.64. The average molecular weight is 625 g/mol. The highest BCUT2D eigenvalue weighted by Crippen LogP contribution is 2.45. The fourth-order valence-corrected chi connectivity index (χ4v) is 4.49. The number of halogens is 2. The highest BCUT2D eigenvalue weighted by molar-refractivity contribution is 6.41. The zero-order valence-corrected chi connectivity index (χ0v) is 25.6. The number of nitrogens with zero attached hydrogens (tertiary/aromatic N) is 4. The number of benzene rings is 2. The van der Waals surface area contributed by atoms with Crippen LogP contribution in [-0.2, 0) is 4.79 Å². The molecule has 0 unspecified atom stereocenters. The molecule has 4 aromatic rings. The Morgan fingerprint density at radius 2 is 1.72 bits per heavy atom. The number of amides is 1. The number of nitrogens with one attached hydrogen (secondary N) is 3. The van der Waals surface area contributed by atoms with E-state index in [4.69, 9.17) is 37.4 Å². The number of rotatable bonds is 13. The summed E-state index contributed by atoms with van der Waals surface area (Å²) in [5.74, 6) is 1.90. The number of aromatic nitrogens is 3. The quantitative estimate of drug-likeness (QED) is 0.144. The lowest BCUT2D eigenvalue weighted by Crippen LogP contribution is -2.19. The minimum Gasteiger partial charge on any atom is -0.495 e. The Balaban J connectivity index is 1.65. The molecule has 1 amide bonds. The molecule has 0 aliphatic heterocycles. The number of methoxy groups -OCH3 is 2. The smallest absolute Gasteiger partial charge is 0.247 e. The van der Waals surface area contributed by atoms with E-state index in [2.05, 4.69) is 37.5 Å². The van der Waals surface area contributed by atoms with Gasteiger partial charge in [0.25, 0.3) is 0 Å². The number of anilines is 5. The maximum Gasteiger partial charge on any atom is 0.247 e. The first-order valence-corrected chi connectivity index (χ1v) is 13.8. The molecule has 0 spiro atoms. The van der Waals surface area contributed by atoms with Gasteiger partial charge < -0.3 is 35.1 Å². The Morgan fingerprint density at radius 3 is 2.40 bits per heavy atom. The van der Waals surface area contributed by atoms with Crippen molar-refractivity contribution in [3.8, 4) is 28.5 Å². The highest BCUT2D eigenvalue weighted by Gasteiger charge is 2.20. The van der Waals surface area contributed by atoms with Gasteiger partial charge in [0, 0.05) is 36.5 Å². The Hall–Kier alpha value is -4.58. The van der Waals surface area contributed by atoms with E-state index in [0.717, 1.165) is 6.54 Å². The maximum absolute atomic E-state index is 12.2. The van der Waals surface area contributed by atoms with Crippen molar-refractivity contribution in [2.45, 2.75) is 0 Å². The van der Waals surface area contributed by atoms with Crippen molar-refractivity contribution in [1.29, 1.82) is 0 Å². The van der Waals surface area contributed by atoms with Crippen LogP contribution in [0, 0.1) is 0 Å². The minimum atomic E-state index is -0.366. The van der Waals surface area contributed by atoms with Gasteiger partial charge in [-0.05, 0) is 44.4 Å². The zero-order valence-electron chi connectivity index (χ0n) is 24.1. The number of likely N-dealkylation sites (N-methyl/N-ethyl adjacent to an activating group) is 1. The molecule has 0 aliphatic rings. The van der Waals surface area contributed by atoms with E-state index in [-0.39, 0.29) is 16.0 Å². The van der Waals surface area contributed by atoms with Gasteiger partial charge in [-0.2, -0.15) is 0 Å². The molecule has 0 fully saturated rings. The maximum atomic E-state index is 12.2. The molecule has 2 heterocycles. The summed E-state index contributed by atoms with van der Waals surface area (Å²) in [7, 11) is 6.93. The topological polar surface area (TPSA) is 123 Å². The summed E-state index contributed by atoms with van der Waals surface area (Å²) < 4.78 is 16.6. The van der Waals surface area contributed by atoms with Crippen LogP contribution in [0.3, 0.4) is 0 Å². The standard InChI is InChI=1S/C30H31Cl2N7O4/c1-6-26(40)37-22-14-18(43-13-12-39(2)3)9-10-20(22)36-25-15-21(34-17-35-25)19-8-7-11-33-30(19)38-29-27(31)23(41-4)16-24(42-5)28(29)32/h6-11,14-17H,1,12-13H2,2-5H3,(H,33,38)(H,37,40)(H,34,35,36). The number of hydrogen-bond acceptors (Lipinski definition) is 10. The van der Waals surface area contributed by atoms with Crippen LogP contribution in [0.4, 0.5) is 28.7 Å². The van der Waals surface area contributed by atoms with E-state index >= 15 is 0 Å². The van der Waals surface area contributed by atoms with Crippen molar-refractivity contribution in [2.75, 3.05) is 57.4 Å². The van der Waals surface area contributed by atoms with E-state index in [0.29, 0.717) is 63.8 Å². The number of ether oxygens (including phenoxy) is 3. The summed E-state index contributed by atoms with van der Waals surface area (Å²) in [5, 5.41) is 9.79. The molecule has 2 aromatic carbocycles. The molecule has 0 saturated carbocycles. The van der Waals surface area contributed by atoms with Crippen LogP contribution < -0.4 is 30.2 Å². The van der Waals surface area contributed by atoms with E-state index in [1.807, 2.05) is 31.1 Å². The highest BCUT2D eigenvalue weighted by atomic mass is 35.5. The third-order valence-electron chi connectivity index (χ3n) is 6.07. The fraction of sp³-hybridized carbons (Fsp3) is 0.200. The molecule has 0 radical (unpaired) electrons. The Morgan fingerprint density at radius 1 is 0.977 bits per heavy atom. The summed E-state index contributed by atoms with van der Waals surface area (Å²) in [6.07, 6.45) is 4.24. The van der Waals surface area contributed by atoms with Crippen LogP contribution in [0.1, 0.15) is 0 Å². The Bertz CT molecular complexity index is 1590. The SMILES string of the molecule is C=CC(=O)Nc1cc(OCCN(C)C)ccc1Nc1cc(-c2cccnc2Nc2c(Cl)c(OC)cc(OC)c2Cl)ncn1. The van der Waals surface area contributed by atoms with Crippen LogP contribution in [0.15, 0.2) is 67.6 Å². The average Bonchev–Trinajstić information content (AvgIpc) is 3.00. The van der Waals surface area contributed by atoms with Crippen molar-refractivity contribution in [1.82, 2.24) is 19.9 Å². The van der Waals surface area contributed by atoms with E-state index < -0.39 is 0 Å². The molecule has 0 atom stereocenters. The molecular weight excluding hydrogens is 593 g/mol. The third kappa shape index (κ3) is 7.83. The third-order valence-corrected chi connectivity index (χ3v) is 6.82. The largest absolute Gasteiger partial charge is 0.495 e. The molecule has 43 heavy (non-hydrogen) atoms. The lowest BCUT2D eigenvalue weighted by atomic mass is 10.1. The lowest BCUT2D eigenvalue weighted by Gasteiger charge is -2.17. The summed E-state index contributed by atoms with van der Waals surface area (Å²) >= 11 is 13.2. The van der Waals surface area contributed by atoms with Gasteiger partial charge >= 0.3 is 0 Å². The second kappa shape index (κ2) is 14.5. The lowest BCUT2D eigenvalue weighted by molar-refractivity contribution is -0.111. The molecule has 3 N–H and O–H groups in total. The van der Waals surface area contributed by atoms with Crippen molar-refractivity contribution in [3.63, 3.8) is 0 Å². The Labute approximate surface area is 259 Å². The second-order valence-corrected chi connectivity index (χ2v) is 10.0. The van der Waals surface area contributed by atoms with E-state index in [1.165, 1.54) is 26.6 Å². The van der Waals surface area contributed by atoms with Crippen molar-refractivity contribution in [2.24, 2.45) is 0 Å². The molecule has 0 aliphatic carbocycles. The van der Waals surface area contributed by atoms with Gasteiger partial charge in [0.15, 0.2) is 0 Å². The molecule has 0 bridgehead atoms. The van der Waals surface area contributed by atoms with Gasteiger partial charge in [-0.3, -0.25) is 4.79 Å². The molecular formula is C30H31Cl2N7O4. The molecule has 0 saturated heterocycles. The molecule has 11 nitrogen and oxygen atoms in total. The van der Waals surface area contributed by atoms with Crippen LogP contribution in [0.5, 0.6) is 17.2 Å². The van der Waals surface area contributed by atoms with Crippen molar-refractivity contribution >= 4 is 57.8 Å². The van der Waals surface area contributed by atoms with E-state index in [9.17, 15) is 4.79 Å². The molecule has 4 rings (SSSR count). The van der Waals surface area contributed by atoms with Gasteiger partial charge in [0.2, 0.25) is 5.91 Å². The van der Waals surface area contributed by atoms with Crippen molar-refractivity contribution < 1.29 is 19.0 Å². The molecule has 2 aromatic heterocycles. The van der Waals surface area contributed by atoms with Crippen LogP contribution in [0.25, 0.3) is 11.3 Å². The van der Waals surface area contributed by atoms with Crippen molar-refractivity contribution in [3.05, 3.63) is 77.7 Å². The van der Waals surface area contributed by atoms with Gasteiger partial charge in [-0.1, -0.05) is 29.8 Å². The minimum absolute atomic E-state index is 0.262. The van der Waals surface area contributed by atoms with Gasteiger partial charge in [-0.15, -0.1) is 0 Å².